The van der Waals surface area contributed by atoms with Crippen LogP contribution in [0.25, 0.3) is 0 Å². The number of benzene rings is 2. The maximum Gasteiger partial charge on any atom is 0.150 e. The van der Waals surface area contributed by atoms with E-state index in [0.29, 0.717) is 5.56 Å². The maximum absolute atomic E-state index is 12.7. The lowest BCUT2D eigenvalue weighted by atomic mass is 10.1. The summed E-state index contributed by atoms with van der Waals surface area (Å²) in [5.41, 5.74) is 2.20. The highest BCUT2D eigenvalue weighted by atomic mass is 19.1. The van der Waals surface area contributed by atoms with Gasteiger partial charge in [0.2, 0.25) is 0 Å². The number of halogens is 1. The molecule has 0 aliphatic heterocycles. The molecule has 0 unspecified atom stereocenters. The predicted molar refractivity (Wildman–Crippen MR) is 64.2 cm³/mol. The first-order chi connectivity index (χ1) is 8.28. The van der Waals surface area contributed by atoms with E-state index < -0.39 is 0 Å². The zero-order valence-corrected chi connectivity index (χ0v) is 8.98. The van der Waals surface area contributed by atoms with E-state index >= 15 is 0 Å². The van der Waals surface area contributed by atoms with Crippen LogP contribution in [0.15, 0.2) is 48.5 Å². The molecule has 0 aliphatic carbocycles. The molecule has 0 aromatic heterocycles. The Morgan fingerprint density at radius 3 is 1.76 bits per heavy atom. The molecule has 2 rings (SSSR count). The van der Waals surface area contributed by atoms with Crippen LogP contribution in [0.5, 0.6) is 0 Å². The molecule has 2 heteroatoms. The molecule has 0 spiro atoms. The molecule has 0 fully saturated rings. The summed E-state index contributed by atoms with van der Waals surface area (Å²) < 4.78 is 12.7. The maximum atomic E-state index is 12.7. The van der Waals surface area contributed by atoms with Gasteiger partial charge in [0.05, 0.1) is 0 Å². The molecule has 0 saturated heterocycles. The quantitative estimate of drug-likeness (QED) is 0.537. The fourth-order valence-electron chi connectivity index (χ4n) is 1.32. The van der Waals surface area contributed by atoms with E-state index in [9.17, 15) is 9.18 Å². The van der Waals surface area contributed by atoms with Crippen LogP contribution in [-0.4, -0.2) is 6.29 Å². The molecular weight excluding hydrogens is 215 g/mol. The van der Waals surface area contributed by atoms with Crippen molar-refractivity contribution in [2.45, 2.75) is 0 Å². The standard InChI is InChI=1S/C15H9FO/c16-15-9-7-13(8-10-15)2-1-12-3-5-14(11-17)6-4-12/h3-11H. The largest absolute Gasteiger partial charge is 0.298 e. The van der Waals surface area contributed by atoms with Crippen LogP contribution in [0.2, 0.25) is 0 Å². The van der Waals surface area contributed by atoms with Gasteiger partial charge in [-0.05, 0) is 36.4 Å². The van der Waals surface area contributed by atoms with Crippen LogP contribution in [0, 0.1) is 17.7 Å². The summed E-state index contributed by atoms with van der Waals surface area (Å²) >= 11 is 0. The molecule has 82 valence electrons. The molecule has 0 saturated carbocycles. The Labute approximate surface area is 98.9 Å². The molecule has 2 aromatic rings. The minimum Gasteiger partial charge on any atom is -0.298 e. The van der Waals surface area contributed by atoms with E-state index in [-0.39, 0.29) is 5.82 Å². The third-order valence-electron chi connectivity index (χ3n) is 2.24. The molecular formula is C15H9FO. The summed E-state index contributed by atoms with van der Waals surface area (Å²) in [4.78, 5) is 10.5. The summed E-state index contributed by atoms with van der Waals surface area (Å²) in [5, 5.41) is 0. The van der Waals surface area contributed by atoms with Crippen molar-refractivity contribution >= 4 is 6.29 Å². The number of carbonyl (C=O) groups is 1. The Hall–Kier alpha value is -2.40. The number of rotatable bonds is 1. The first-order valence-corrected chi connectivity index (χ1v) is 5.11. The first kappa shape index (κ1) is 11.1. The lowest BCUT2D eigenvalue weighted by Gasteiger charge is -1.92. The molecule has 0 amide bonds. The number of carbonyl (C=O) groups excluding carboxylic acids is 1. The van der Waals surface area contributed by atoms with Crippen LogP contribution in [0.3, 0.4) is 0 Å². The lowest BCUT2D eigenvalue weighted by Crippen LogP contribution is -1.80. The monoisotopic (exact) mass is 224 g/mol. The summed E-state index contributed by atoms with van der Waals surface area (Å²) in [7, 11) is 0. The van der Waals surface area contributed by atoms with E-state index in [0.717, 1.165) is 17.4 Å². The Balaban J connectivity index is 2.20. The highest BCUT2D eigenvalue weighted by Crippen LogP contribution is 2.03. The fraction of sp³-hybridized carbons (Fsp3) is 0. The van der Waals surface area contributed by atoms with Crippen LogP contribution in [-0.2, 0) is 0 Å². The third-order valence-corrected chi connectivity index (χ3v) is 2.24. The topological polar surface area (TPSA) is 17.1 Å². The fourth-order valence-corrected chi connectivity index (χ4v) is 1.32. The van der Waals surface area contributed by atoms with E-state index in [1.165, 1.54) is 12.1 Å². The van der Waals surface area contributed by atoms with Gasteiger partial charge in [0.1, 0.15) is 12.1 Å². The molecule has 0 heterocycles. The highest BCUT2D eigenvalue weighted by molar-refractivity contribution is 5.74. The molecule has 17 heavy (non-hydrogen) atoms. The minimum absolute atomic E-state index is 0.272. The van der Waals surface area contributed by atoms with Gasteiger partial charge in [-0.2, -0.15) is 0 Å². The van der Waals surface area contributed by atoms with Crippen molar-refractivity contribution < 1.29 is 9.18 Å². The molecule has 2 aromatic carbocycles. The van der Waals surface area contributed by atoms with Crippen molar-refractivity contribution in [1.29, 1.82) is 0 Å². The van der Waals surface area contributed by atoms with Gasteiger partial charge in [0, 0.05) is 16.7 Å². The average Bonchev–Trinajstić information content (AvgIpc) is 2.39. The Morgan fingerprint density at radius 1 is 0.824 bits per heavy atom. The van der Waals surface area contributed by atoms with Gasteiger partial charge >= 0.3 is 0 Å². The molecule has 0 aliphatic rings. The second kappa shape index (κ2) is 5.09. The average molecular weight is 224 g/mol. The van der Waals surface area contributed by atoms with Gasteiger partial charge in [-0.3, -0.25) is 4.79 Å². The number of hydrogen-bond acceptors (Lipinski definition) is 1. The van der Waals surface area contributed by atoms with Crippen molar-refractivity contribution in [2.24, 2.45) is 0 Å². The molecule has 0 bridgehead atoms. The van der Waals surface area contributed by atoms with Crippen LogP contribution in [0.1, 0.15) is 21.5 Å². The van der Waals surface area contributed by atoms with E-state index in [1.54, 1.807) is 36.4 Å². The summed E-state index contributed by atoms with van der Waals surface area (Å²) in [6, 6.07) is 13.0. The predicted octanol–water partition coefficient (Wildman–Crippen LogP) is 3.04. The Morgan fingerprint density at radius 2 is 1.29 bits per heavy atom. The van der Waals surface area contributed by atoms with E-state index in [1.807, 2.05) is 0 Å². The zero-order valence-electron chi connectivity index (χ0n) is 8.98. The van der Waals surface area contributed by atoms with Gasteiger partial charge in [0.25, 0.3) is 0 Å². The Bertz CT molecular complexity index is 571. The van der Waals surface area contributed by atoms with Crippen molar-refractivity contribution in [2.75, 3.05) is 0 Å². The zero-order chi connectivity index (χ0) is 12.1. The summed E-state index contributed by atoms with van der Waals surface area (Å²) in [5.74, 6) is 5.59. The molecule has 0 N–H and O–H groups in total. The molecule has 0 atom stereocenters. The summed E-state index contributed by atoms with van der Waals surface area (Å²) in [6.45, 7) is 0. The van der Waals surface area contributed by atoms with Gasteiger partial charge in [-0.15, -0.1) is 0 Å². The first-order valence-electron chi connectivity index (χ1n) is 5.11. The third kappa shape index (κ3) is 3.02. The van der Waals surface area contributed by atoms with Gasteiger partial charge in [-0.25, -0.2) is 4.39 Å². The second-order valence-electron chi connectivity index (χ2n) is 3.50. The molecule has 0 radical (unpaired) electrons. The van der Waals surface area contributed by atoms with Crippen LogP contribution >= 0.6 is 0 Å². The van der Waals surface area contributed by atoms with E-state index in [2.05, 4.69) is 11.8 Å². The lowest BCUT2D eigenvalue weighted by molar-refractivity contribution is 0.112. The van der Waals surface area contributed by atoms with Crippen molar-refractivity contribution in [3.8, 4) is 11.8 Å². The minimum atomic E-state index is -0.272. The van der Waals surface area contributed by atoms with Crippen molar-refractivity contribution in [1.82, 2.24) is 0 Å². The highest BCUT2D eigenvalue weighted by Gasteiger charge is 1.91. The van der Waals surface area contributed by atoms with Crippen LogP contribution in [0.4, 0.5) is 4.39 Å². The van der Waals surface area contributed by atoms with Crippen LogP contribution < -0.4 is 0 Å². The van der Waals surface area contributed by atoms with Gasteiger partial charge < -0.3 is 0 Å². The smallest absolute Gasteiger partial charge is 0.150 e. The van der Waals surface area contributed by atoms with Crippen molar-refractivity contribution in [3.63, 3.8) is 0 Å². The normalized spacial score (nSPS) is 9.24. The van der Waals surface area contributed by atoms with Gasteiger partial charge in [0.15, 0.2) is 0 Å². The second-order valence-corrected chi connectivity index (χ2v) is 3.50. The summed E-state index contributed by atoms with van der Waals surface area (Å²) in [6.07, 6.45) is 0.789. The van der Waals surface area contributed by atoms with Crippen molar-refractivity contribution in [3.05, 3.63) is 71.0 Å². The number of hydrogen-bond donors (Lipinski definition) is 0. The van der Waals surface area contributed by atoms with E-state index in [4.69, 9.17) is 0 Å². The SMILES string of the molecule is O=Cc1ccc(C#Cc2ccc(F)cc2)cc1. The molecule has 1 nitrogen and oxygen atoms in total. The Kier molecular flexibility index (Phi) is 3.32. The van der Waals surface area contributed by atoms with Gasteiger partial charge in [-0.1, -0.05) is 24.0 Å². The number of aldehydes is 1.